The van der Waals surface area contributed by atoms with Gasteiger partial charge in [0.25, 0.3) is 0 Å². The third-order valence-electron chi connectivity index (χ3n) is 4.00. The Kier molecular flexibility index (Phi) is 5.20. The van der Waals surface area contributed by atoms with Gasteiger partial charge in [0.05, 0.1) is 0 Å². The maximum atomic E-state index is 4.72. The molecule has 2 nitrogen and oxygen atoms in total. The van der Waals surface area contributed by atoms with Crippen LogP contribution >= 0.6 is 11.8 Å². The van der Waals surface area contributed by atoms with Crippen LogP contribution in [0.1, 0.15) is 52.4 Å². The molecule has 0 aromatic heterocycles. The van der Waals surface area contributed by atoms with Crippen molar-refractivity contribution in [1.29, 1.82) is 0 Å². The van der Waals surface area contributed by atoms with Gasteiger partial charge in [-0.1, -0.05) is 37.9 Å². The van der Waals surface area contributed by atoms with Gasteiger partial charge in [0.2, 0.25) is 0 Å². The number of hydrogen-bond acceptors (Lipinski definition) is 2. The Morgan fingerprint density at radius 2 is 2.18 bits per heavy atom. The molecule has 98 valence electrons. The van der Waals surface area contributed by atoms with E-state index in [1.807, 2.05) is 11.8 Å². The van der Waals surface area contributed by atoms with Gasteiger partial charge < -0.3 is 5.32 Å². The van der Waals surface area contributed by atoms with E-state index in [9.17, 15) is 0 Å². The van der Waals surface area contributed by atoms with Gasteiger partial charge in [0.1, 0.15) is 0 Å². The molecule has 2 aliphatic rings. The first-order valence-corrected chi connectivity index (χ1v) is 8.16. The van der Waals surface area contributed by atoms with Gasteiger partial charge in [-0.2, -0.15) is 0 Å². The summed E-state index contributed by atoms with van der Waals surface area (Å²) in [6, 6.07) is 0.615. The molecule has 1 aliphatic heterocycles. The first kappa shape index (κ1) is 13.3. The maximum Gasteiger partial charge on any atom is 0.156 e. The van der Waals surface area contributed by atoms with E-state index in [2.05, 4.69) is 19.2 Å². The highest BCUT2D eigenvalue weighted by atomic mass is 32.2. The number of rotatable bonds is 3. The molecule has 0 aromatic carbocycles. The third kappa shape index (κ3) is 4.53. The van der Waals surface area contributed by atoms with E-state index in [0.717, 1.165) is 18.4 Å². The summed E-state index contributed by atoms with van der Waals surface area (Å²) in [6.45, 7) is 5.68. The van der Waals surface area contributed by atoms with Crippen molar-refractivity contribution >= 4 is 16.9 Å². The van der Waals surface area contributed by atoms with E-state index >= 15 is 0 Å². The summed E-state index contributed by atoms with van der Waals surface area (Å²) in [6.07, 6.45) is 8.31. The van der Waals surface area contributed by atoms with E-state index in [1.165, 1.54) is 49.4 Å². The fourth-order valence-corrected chi connectivity index (χ4v) is 4.05. The van der Waals surface area contributed by atoms with Crippen LogP contribution in [0, 0.1) is 11.8 Å². The summed E-state index contributed by atoms with van der Waals surface area (Å²) >= 11 is 1.89. The Morgan fingerprint density at radius 1 is 1.29 bits per heavy atom. The minimum Gasteiger partial charge on any atom is -0.362 e. The summed E-state index contributed by atoms with van der Waals surface area (Å²) in [7, 11) is 0. The van der Waals surface area contributed by atoms with Crippen LogP contribution in [0.15, 0.2) is 4.99 Å². The number of thioether (sulfide) groups is 1. The predicted molar refractivity (Wildman–Crippen MR) is 77.7 cm³/mol. The van der Waals surface area contributed by atoms with Crippen LogP contribution in [0.2, 0.25) is 0 Å². The summed E-state index contributed by atoms with van der Waals surface area (Å²) in [5.74, 6) is 3.12. The van der Waals surface area contributed by atoms with E-state index in [-0.39, 0.29) is 0 Å². The van der Waals surface area contributed by atoms with Crippen molar-refractivity contribution in [2.45, 2.75) is 58.4 Å². The molecule has 2 fully saturated rings. The van der Waals surface area contributed by atoms with Crippen molar-refractivity contribution in [1.82, 2.24) is 5.32 Å². The summed E-state index contributed by atoms with van der Waals surface area (Å²) < 4.78 is 0. The second-order valence-corrected chi connectivity index (χ2v) is 6.88. The summed E-state index contributed by atoms with van der Waals surface area (Å²) in [4.78, 5) is 4.72. The van der Waals surface area contributed by atoms with Crippen molar-refractivity contribution in [2.75, 3.05) is 12.3 Å². The van der Waals surface area contributed by atoms with Crippen LogP contribution in [-0.2, 0) is 0 Å². The molecular formula is C14H26N2S. The predicted octanol–water partition coefficient (Wildman–Crippen LogP) is 3.67. The molecule has 0 aromatic rings. The van der Waals surface area contributed by atoms with Crippen LogP contribution in [0.3, 0.4) is 0 Å². The molecule has 0 bridgehead atoms. The molecule has 17 heavy (non-hydrogen) atoms. The average Bonchev–Trinajstić information content (AvgIpc) is 2.29. The average molecular weight is 254 g/mol. The molecular weight excluding hydrogens is 228 g/mol. The molecule has 3 heteroatoms. The SMILES string of the molecule is CC1CCCC(CCN=C2NC(C)CCS2)C1. The minimum atomic E-state index is 0.615. The highest BCUT2D eigenvalue weighted by Gasteiger charge is 2.18. The Balaban J connectivity index is 1.69. The molecule has 1 heterocycles. The molecule has 3 unspecified atom stereocenters. The standard InChI is InChI=1S/C14H26N2S/c1-11-4-3-5-13(10-11)6-8-15-14-16-12(2)7-9-17-14/h11-13H,3-10H2,1-2H3,(H,15,16). The van der Waals surface area contributed by atoms with Crippen LogP contribution in [-0.4, -0.2) is 23.5 Å². The summed E-state index contributed by atoms with van der Waals surface area (Å²) in [5, 5.41) is 4.66. The Labute approximate surface area is 110 Å². The smallest absolute Gasteiger partial charge is 0.156 e. The normalized spacial score (nSPS) is 36.8. The molecule has 1 N–H and O–H groups in total. The van der Waals surface area contributed by atoms with Crippen molar-refractivity contribution in [3.8, 4) is 0 Å². The van der Waals surface area contributed by atoms with E-state index < -0.39 is 0 Å². The number of nitrogens with zero attached hydrogens (tertiary/aromatic N) is 1. The summed E-state index contributed by atoms with van der Waals surface area (Å²) in [5.41, 5.74) is 0. The lowest BCUT2D eigenvalue weighted by Crippen LogP contribution is -2.35. The van der Waals surface area contributed by atoms with Crippen molar-refractivity contribution in [3.05, 3.63) is 0 Å². The Bertz CT molecular complexity index is 265. The van der Waals surface area contributed by atoms with Gasteiger partial charge >= 0.3 is 0 Å². The minimum absolute atomic E-state index is 0.615. The second-order valence-electron chi connectivity index (χ2n) is 5.80. The fraction of sp³-hybridized carbons (Fsp3) is 0.929. The van der Waals surface area contributed by atoms with E-state index in [4.69, 9.17) is 4.99 Å². The lowest BCUT2D eigenvalue weighted by Gasteiger charge is -2.26. The first-order valence-electron chi connectivity index (χ1n) is 7.18. The quantitative estimate of drug-likeness (QED) is 0.831. The molecule has 3 atom stereocenters. The van der Waals surface area contributed by atoms with Gasteiger partial charge in [-0.25, -0.2) is 0 Å². The largest absolute Gasteiger partial charge is 0.362 e. The van der Waals surface area contributed by atoms with Gasteiger partial charge in [0, 0.05) is 18.3 Å². The van der Waals surface area contributed by atoms with Crippen LogP contribution in [0.4, 0.5) is 0 Å². The molecule has 1 aliphatic carbocycles. The number of amidine groups is 1. The van der Waals surface area contributed by atoms with Gasteiger partial charge in [-0.3, -0.25) is 4.99 Å². The first-order chi connectivity index (χ1) is 8.24. The lowest BCUT2D eigenvalue weighted by atomic mass is 9.81. The van der Waals surface area contributed by atoms with Gasteiger partial charge in [0.15, 0.2) is 5.17 Å². The zero-order chi connectivity index (χ0) is 12.1. The fourth-order valence-electron chi connectivity index (χ4n) is 2.92. The highest BCUT2D eigenvalue weighted by molar-refractivity contribution is 8.13. The topological polar surface area (TPSA) is 24.4 Å². The monoisotopic (exact) mass is 254 g/mol. The zero-order valence-electron chi connectivity index (χ0n) is 11.2. The highest BCUT2D eigenvalue weighted by Crippen LogP contribution is 2.30. The lowest BCUT2D eigenvalue weighted by molar-refractivity contribution is 0.273. The van der Waals surface area contributed by atoms with Crippen LogP contribution in [0.25, 0.3) is 0 Å². The Hall–Kier alpha value is -0.180. The van der Waals surface area contributed by atoms with Crippen molar-refractivity contribution in [3.63, 3.8) is 0 Å². The Morgan fingerprint density at radius 3 is 2.94 bits per heavy atom. The molecule has 1 saturated carbocycles. The second kappa shape index (κ2) is 6.67. The molecule has 0 radical (unpaired) electrons. The molecule has 0 spiro atoms. The van der Waals surface area contributed by atoms with Crippen molar-refractivity contribution in [2.24, 2.45) is 16.8 Å². The number of hydrogen-bond donors (Lipinski definition) is 1. The molecule has 2 rings (SSSR count). The molecule has 1 saturated heterocycles. The maximum absolute atomic E-state index is 4.72. The van der Waals surface area contributed by atoms with Gasteiger partial charge in [-0.05, 0) is 38.0 Å². The van der Waals surface area contributed by atoms with E-state index in [0.29, 0.717) is 6.04 Å². The van der Waals surface area contributed by atoms with Gasteiger partial charge in [-0.15, -0.1) is 0 Å². The molecule has 0 amide bonds. The van der Waals surface area contributed by atoms with Crippen molar-refractivity contribution < 1.29 is 0 Å². The van der Waals surface area contributed by atoms with E-state index in [1.54, 1.807) is 0 Å². The number of nitrogens with one attached hydrogen (secondary N) is 1. The van der Waals surface area contributed by atoms with Crippen LogP contribution < -0.4 is 5.32 Å². The number of aliphatic imine (C=N–C) groups is 1. The zero-order valence-corrected chi connectivity index (χ0v) is 12.1. The van der Waals surface area contributed by atoms with Crippen LogP contribution in [0.5, 0.6) is 0 Å². The third-order valence-corrected chi connectivity index (χ3v) is 4.96.